The molecule has 3 aromatic rings. The number of piperidine rings is 1. The summed E-state index contributed by atoms with van der Waals surface area (Å²) >= 11 is 1.41. The van der Waals surface area contributed by atoms with E-state index in [0.29, 0.717) is 40.6 Å². The third-order valence-electron chi connectivity index (χ3n) is 6.22. The molecule has 2 aliphatic heterocycles. The minimum absolute atomic E-state index is 0.0189. The first-order valence-corrected chi connectivity index (χ1v) is 12.4. The molecular formula is C24H26N6O4S. The van der Waals surface area contributed by atoms with E-state index in [1.807, 2.05) is 12.1 Å². The molecule has 0 aromatic carbocycles. The largest absolute Gasteiger partial charge is 0.481 e. The maximum Gasteiger partial charge on any atom is 0.270 e. The van der Waals surface area contributed by atoms with Gasteiger partial charge in [-0.15, -0.1) is 11.8 Å². The normalized spacial score (nSPS) is 17.5. The number of carbonyl (C=O) groups is 2. The van der Waals surface area contributed by atoms with Crippen molar-refractivity contribution in [2.45, 2.75) is 29.9 Å². The Labute approximate surface area is 206 Å². The number of nitrogens with one attached hydrogen (secondary N) is 2. The fraction of sp³-hybridized carbons (Fsp3) is 0.375. The van der Waals surface area contributed by atoms with Crippen LogP contribution in [0.15, 0.2) is 41.4 Å². The van der Waals surface area contributed by atoms with E-state index in [-0.39, 0.29) is 23.6 Å². The number of ether oxygens (including phenoxy) is 1. The summed E-state index contributed by atoms with van der Waals surface area (Å²) in [5, 5.41) is 16.7. The lowest BCUT2D eigenvalue weighted by atomic mass is 10.0. The lowest BCUT2D eigenvalue weighted by molar-refractivity contribution is -0.113. The monoisotopic (exact) mass is 494 g/mol. The van der Waals surface area contributed by atoms with Crippen LogP contribution in [-0.4, -0.2) is 75.3 Å². The Bertz CT molecular complexity index is 1260. The number of aliphatic hydroxyl groups is 1. The highest BCUT2D eigenvalue weighted by molar-refractivity contribution is 8.00. The predicted octanol–water partition coefficient (Wildman–Crippen LogP) is 2.01. The lowest BCUT2D eigenvalue weighted by Crippen LogP contribution is -2.45. The summed E-state index contributed by atoms with van der Waals surface area (Å²) in [5.74, 6) is 0.912. The van der Waals surface area contributed by atoms with Crippen LogP contribution in [0.4, 0.5) is 5.82 Å². The summed E-state index contributed by atoms with van der Waals surface area (Å²) in [4.78, 5) is 40.5. The quantitative estimate of drug-likeness (QED) is 0.471. The highest BCUT2D eigenvalue weighted by Crippen LogP contribution is 2.30. The minimum Gasteiger partial charge on any atom is -0.481 e. The van der Waals surface area contributed by atoms with Crippen molar-refractivity contribution in [3.63, 3.8) is 0 Å². The van der Waals surface area contributed by atoms with Crippen LogP contribution < -0.4 is 15.4 Å². The van der Waals surface area contributed by atoms with Crippen molar-refractivity contribution < 1.29 is 19.4 Å². The summed E-state index contributed by atoms with van der Waals surface area (Å²) in [6.45, 7) is 1.95. The third-order valence-corrected chi connectivity index (χ3v) is 7.27. The minimum atomic E-state index is -0.723. The number of methoxy groups -OCH3 is 1. The van der Waals surface area contributed by atoms with E-state index in [2.05, 4.69) is 30.5 Å². The highest BCUT2D eigenvalue weighted by atomic mass is 32.2. The van der Waals surface area contributed by atoms with Gasteiger partial charge in [0, 0.05) is 43.5 Å². The molecular weight excluding hydrogens is 468 g/mol. The fourth-order valence-electron chi connectivity index (χ4n) is 4.36. The average molecular weight is 495 g/mol. The van der Waals surface area contributed by atoms with Gasteiger partial charge in [0.1, 0.15) is 11.5 Å². The first-order chi connectivity index (χ1) is 17.0. The Hall–Kier alpha value is -3.28. The van der Waals surface area contributed by atoms with Gasteiger partial charge in [0.15, 0.2) is 0 Å². The number of hydrogen-bond acceptors (Lipinski definition) is 9. The van der Waals surface area contributed by atoms with E-state index in [4.69, 9.17) is 4.74 Å². The molecule has 10 nitrogen and oxygen atoms in total. The van der Waals surface area contributed by atoms with E-state index in [1.165, 1.54) is 11.8 Å². The van der Waals surface area contributed by atoms with Crippen molar-refractivity contribution in [2.75, 3.05) is 37.8 Å². The fourth-order valence-corrected chi connectivity index (χ4v) is 5.12. The molecule has 0 radical (unpaired) electrons. The summed E-state index contributed by atoms with van der Waals surface area (Å²) in [6, 6.07) is 8.89. The molecule has 2 amide bonds. The molecule has 0 spiro atoms. The number of nitrogens with zero attached hydrogens (tertiary/aromatic N) is 4. The van der Waals surface area contributed by atoms with Crippen molar-refractivity contribution in [3.8, 4) is 5.88 Å². The number of rotatable bonds is 6. The number of anilines is 1. The molecule has 0 saturated carbocycles. The van der Waals surface area contributed by atoms with Crippen LogP contribution in [0.5, 0.6) is 5.88 Å². The van der Waals surface area contributed by atoms with Crippen molar-refractivity contribution in [3.05, 3.63) is 47.8 Å². The van der Waals surface area contributed by atoms with Crippen LogP contribution in [0.1, 0.15) is 35.0 Å². The molecule has 11 heteroatoms. The zero-order chi connectivity index (χ0) is 24.4. The molecule has 5 heterocycles. The van der Waals surface area contributed by atoms with Gasteiger partial charge in [0.2, 0.25) is 11.8 Å². The van der Waals surface area contributed by atoms with E-state index in [9.17, 15) is 14.7 Å². The van der Waals surface area contributed by atoms with Gasteiger partial charge in [-0.1, -0.05) is 0 Å². The molecule has 2 aliphatic rings. The molecule has 5 rings (SSSR count). The van der Waals surface area contributed by atoms with Crippen LogP contribution in [0, 0.1) is 0 Å². The van der Waals surface area contributed by atoms with Gasteiger partial charge in [-0.25, -0.2) is 9.97 Å². The number of aliphatic hydroxyl groups excluding tert-OH is 1. The highest BCUT2D eigenvalue weighted by Gasteiger charge is 2.25. The number of carbonyl (C=O) groups excluding carboxylic acids is 2. The zero-order valence-electron chi connectivity index (χ0n) is 19.2. The number of aromatic nitrogens is 3. The molecule has 1 fully saturated rings. The molecule has 3 aromatic heterocycles. The van der Waals surface area contributed by atoms with Gasteiger partial charge >= 0.3 is 0 Å². The molecule has 35 heavy (non-hydrogen) atoms. The smallest absolute Gasteiger partial charge is 0.270 e. The second-order valence-electron chi connectivity index (χ2n) is 8.57. The van der Waals surface area contributed by atoms with E-state index in [0.717, 1.165) is 30.8 Å². The lowest BCUT2D eigenvalue weighted by Gasteiger charge is -2.33. The standard InChI is InChI=1S/C24H26N6O4S/c1-34-21-5-3-16-22(29-21)15(6-9-25-16)18(31)12-30-10-7-14(8-11-30)26-24(33)17-2-4-19-23(27-17)28-20(32)13-35-19/h2-6,9,14,18,31H,7-8,10-13H2,1H3,(H,26,33)(H,27,28,32)/t18-/m0/s1. The topological polar surface area (TPSA) is 130 Å². The van der Waals surface area contributed by atoms with E-state index < -0.39 is 6.10 Å². The van der Waals surface area contributed by atoms with Crippen molar-refractivity contribution in [2.24, 2.45) is 0 Å². The average Bonchev–Trinajstić information content (AvgIpc) is 2.88. The molecule has 0 aliphatic carbocycles. The van der Waals surface area contributed by atoms with E-state index >= 15 is 0 Å². The van der Waals surface area contributed by atoms with Gasteiger partial charge in [-0.3, -0.25) is 14.6 Å². The van der Waals surface area contributed by atoms with E-state index in [1.54, 1.807) is 31.5 Å². The van der Waals surface area contributed by atoms with Gasteiger partial charge in [-0.2, -0.15) is 0 Å². The summed E-state index contributed by atoms with van der Waals surface area (Å²) in [5.41, 5.74) is 2.34. The zero-order valence-corrected chi connectivity index (χ0v) is 20.0. The molecule has 182 valence electrons. The van der Waals surface area contributed by atoms with Crippen molar-refractivity contribution in [1.82, 2.24) is 25.2 Å². The Morgan fingerprint density at radius 3 is 2.89 bits per heavy atom. The second-order valence-corrected chi connectivity index (χ2v) is 9.58. The first-order valence-electron chi connectivity index (χ1n) is 11.4. The molecule has 1 saturated heterocycles. The van der Waals surface area contributed by atoms with Crippen molar-refractivity contribution >= 4 is 40.4 Å². The summed E-state index contributed by atoms with van der Waals surface area (Å²) in [6.07, 6.45) is 2.48. The number of β-amino-alcohol motifs (C(OH)–C–C–N with tert-alkyl or cyclic N) is 1. The maximum absolute atomic E-state index is 12.7. The molecule has 3 N–H and O–H groups in total. The van der Waals surface area contributed by atoms with Crippen LogP contribution in [0.3, 0.4) is 0 Å². The predicted molar refractivity (Wildman–Crippen MR) is 132 cm³/mol. The first kappa shape index (κ1) is 23.5. The molecule has 1 atom stereocenters. The molecule has 0 bridgehead atoms. The number of fused-ring (bicyclic) bond motifs is 2. The summed E-state index contributed by atoms with van der Waals surface area (Å²) < 4.78 is 5.23. The van der Waals surface area contributed by atoms with Crippen LogP contribution in [-0.2, 0) is 4.79 Å². The number of hydrogen-bond donors (Lipinski definition) is 3. The van der Waals surface area contributed by atoms with Gasteiger partial charge in [0.05, 0.1) is 34.9 Å². The van der Waals surface area contributed by atoms with Crippen molar-refractivity contribution in [1.29, 1.82) is 0 Å². The van der Waals surface area contributed by atoms with Crippen LogP contribution in [0.25, 0.3) is 11.0 Å². The van der Waals surface area contributed by atoms with Gasteiger partial charge < -0.3 is 25.4 Å². The second kappa shape index (κ2) is 10.1. The molecule has 0 unspecified atom stereocenters. The maximum atomic E-state index is 12.7. The van der Waals surface area contributed by atoms with Crippen LogP contribution in [0.2, 0.25) is 0 Å². The number of thioether (sulfide) groups is 1. The Morgan fingerprint density at radius 1 is 1.26 bits per heavy atom. The van der Waals surface area contributed by atoms with Gasteiger partial charge in [-0.05, 0) is 37.1 Å². The van der Waals surface area contributed by atoms with Crippen LogP contribution >= 0.6 is 11.8 Å². The Balaban J connectivity index is 1.17. The number of pyridine rings is 3. The number of likely N-dealkylation sites (tertiary alicyclic amines) is 1. The number of amides is 2. The summed E-state index contributed by atoms with van der Waals surface area (Å²) in [7, 11) is 1.56. The Kier molecular flexibility index (Phi) is 6.80. The Morgan fingerprint density at radius 2 is 2.09 bits per heavy atom. The third kappa shape index (κ3) is 5.21. The SMILES string of the molecule is COc1ccc2nccc([C@@H](O)CN3CCC(NC(=O)c4ccc5c(n4)NC(=O)CS5)CC3)c2n1. The van der Waals surface area contributed by atoms with Gasteiger partial charge in [0.25, 0.3) is 5.91 Å².